The summed E-state index contributed by atoms with van der Waals surface area (Å²) in [6.45, 7) is 0. The maximum absolute atomic E-state index is 12.3. The lowest BCUT2D eigenvalue weighted by molar-refractivity contribution is 0.102. The first-order valence-electron chi connectivity index (χ1n) is 7.12. The number of halogens is 1. The topological polar surface area (TPSA) is 47.8 Å². The second-order valence-electron chi connectivity index (χ2n) is 5.19. The molecule has 4 nitrogen and oxygen atoms in total. The molecule has 0 N–H and O–H groups in total. The third-order valence-electron chi connectivity index (χ3n) is 3.52. The summed E-state index contributed by atoms with van der Waals surface area (Å²) >= 11 is 8.04. The van der Waals surface area contributed by atoms with Crippen LogP contribution in [0.3, 0.4) is 0 Å². The second-order valence-corrected chi connectivity index (χ2v) is 8.85. The van der Waals surface area contributed by atoms with E-state index in [1.165, 1.54) is 23.1 Å². The summed E-state index contributed by atoms with van der Waals surface area (Å²) in [5.74, 6) is 1.43. The van der Waals surface area contributed by atoms with Gasteiger partial charge in [0.1, 0.15) is 0 Å². The molecular weight excluding hydrogens is 414 g/mol. The predicted molar refractivity (Wildman–Crippen MR) is 98.7 cm³/mol. The zero-order valence-corrected chi connectivity index (χ0v) is 16.0. The highest BCUT2D eigenvalue weighted by atomic mass is 79.9. The van der Waals surface area contributed by atoms with Crippen LogP contribution in [0.5, 0.6) is 0 Å². The molecule has 0 aromatic carbocycles. The minimum atomic E-state index is 0.125. The Kier molecular flexibility index (Phi) is 4.40. The summed E-state index contributed by atoms with van der Waals surface area (Å²) in [6, 6.07) is 6.48. The number of aromatic nitrogens is 3. The average Bonchev–Trinajstić information content (AvgIpc) is 2.96. The van der Waals surface area contributed by atoms with Crippen molar-refractivity contribution in [3.8, 4) is 10.7 Å². The standard InChI is InChI=1S/C15H12BrN3OS3/c16-10-5-7-22-13(10)11(20)8-23-15-18-17-14(12-2-1-6-21-12)19(15)9-3-4-9/h1-2,5-7,9H,3-4,8H2. The van der Waals surface area contributed by atoms with Gasteiger partial charge in [0.15, 0.2) is 16.8 Å². The number of carbonyl (C=O) groups is 1. The average molecular weight is 426 g/mol. The van der Waals surface area contributed by atoms with E-state index in [0.717, 1.165) is 38.0 Å². The van der Waals surface area contributed by atoms with Crippen molar-refractivity contribution in [1.82, 2.24) is 14.8 Å². The van der Waals surface area contributed by atoms with Gasteiger partial charge in [-0.2, -0.15) is 0 Å². The summed E-state index contributed by atoms with van der Waals surface area (Å²) in [5, 5.41) is 13.5. The van der Waals surface area contributed by atoms with Crippen molar-refractivity contribution in [3.05, 3.63) is 38.3 Å². The van der Waals surface area contributed by atoms with Gasteiger partial charge in [0, 0.05) is 10.5 Å². The van der Waals surface area contributed by atoms with Crippen LogP contribution in [0, 0.1) is 0 Å². The van der Waals surface area contributed by atoms with Gasteiger partial charge in [0.05, 0.1) is 15.5 Å². The summed E-state index contributed by atoms with van der Waals surface area (Å²) < 4.78 is 3.07. The van der Waals surface area contributed by atoms with Crippen molar-refractivity contribution in [3.63, 3.8) is 0 Å². The molecule has 0 aliphatic heterocycles. The molecule has 118 valence electrons. The van der Waals surface area contributed by atoms with Crippen LogP contribution in [0.4, 0.5) is 0 Å². The van der Waals surface area contributed by atoms with Gasteiger partial charge in [-0.15, -0.1) is 32.9 Å². The van der Waals surface area contributed by atoms with Crippen molar-refractivity contribution in [1.29, 1.82) is 0 Å². The highest BCUT2D eigenvalue weighted by molar-refractivity contribution is 9.10. The van der Waals surface area contributed by atoms with Crippen molar-refractivity contribution >= 4 is 56.1 Å². The summed E-state index contributed by atoms with van der Waals surface area (Å²) in [6.07, 6.45) is 2.32. The van der Waals surface area contributed by atoms with Crippen LogP contribution in [-0.2, 0) is 0 Å². The lowest BCUT2D eigenvalue weighted by Gasteiger charge is -2.07. The lowest BCUT2D eigenvalue weighted by atomic mass is 10.3. The maximum Gasteiger partial charge on any atom is 0.192 e. The van der Waals surface area contributed by atoms with Crippen LogP contribution < -0.4 is 0 Å². The second kappa shape index (κ2) is 6.51. The number of rotatable bonds is 6. The molecule has 1 fully saturated rings. The molecule has 8 heteroatoms. The molecule has 0 radical (unpaired) electrons. The smallest absolute Gasteiger partial charge is 0.192 e. The normalized spacial score (nSPS) is 14.3. The fourth-order valence-corrected chi connectivity index (χ4v) is 5.51. The van der Waals surface area contributed by atoms with Gasteiger partial charge in [-0.1, -0.05) is 17.8 Å². The fraction of sp³-hybridized carbons (Fsp3) is 0.267. The van der Waals surface area contributed by atoms with Gasteiger partial charge in [0.25, 0.3) is 0 Å². The van der Waals surface area contributed by atoms with E-state index in [0.29, 0.717) is 11.8 Å². The minimum Gasteiger partial charge on any atom is -0.298 e. The van der Waals surface area contributed by atoms with Crippen LogP contribution in [0.2, 0.25) is 0 Å². The summed E-state index contributed by atoms with van der Waals surface area (Å²) in [5.41, 5.74) is 0. The summed E-state index contributed by atoms with van der Waals surface area (Å²) in [7, 11) is 0. The van der Waals surface area contributed by atoms with Gasteiger partial charge < -0.3 is 0 Å². The highest BCUT2D eigenvalue weighted by Gasteiger charge is 2.30. The van der Waals surface area contributed by atoms with Crippen molar-refractivity contribution in [2.75, 3.05) is 5.75 Å². The first kappa shape index (κ1) is 15.6. The molecule has 0 saturated heterocycles. The Morgan fingerprint density at radius 2 is 2.17 bits per heavy atom. The number of hydrogen-bond acceptors (Lipinski definition) is 6. The van der Waals surface area contributed by atoms with Gasteiger partial charge in [-0.05, 0) is 51.7 Å². The van der Waals surface area contributed by atoms with E-state index >= 15 is 0 Å². The SMILES string of the molecule is O=C(CSc1nnc(-c2cccs2)n1C1CC1)c1sccc1Br. The highest BCUT2D eigenvalue weighted by Crippen LogP contribution is 2.41. The Balaban J connectivity index is 1.55. The molecule has 0 amide bonds. The third-order valence-corrected chi connectivity index (χ3v) is 7.21. The van der Waals surface area contributed by atoms with Gasteiger partial charge >= 0.3 is 0 Å². The number of thiophene rings is 2. The number of thioether (sulfide) groups is 1. The molecule has 3 heterocycles. The van der Waals surface area contributed by atoms with Gasteiger partial charge in [-0.3, -0.25) is 9.36 Å². The van der Waals surface area contributed by atoms with Crippen molar-refractivity contribution in [2.24, 2.45) is 0 Å². The molecule has 0 bridgehead atoms. The Bertz CT molecular complexity index is 836. The quantitative estimate of drug-likeness (QED) is 0.405. The number of ketones is 1. The summed E-state index contributed by atoms with van der Waals surface area (Å²) in [4.78, 5) is 14.2. The maximum atomic E-state index is 12.3. The molecule has 1 aliphatic rings. The van der Waals surface area contributed by atoms with E-state index < -0.39 is 0 Å². The molecule has 4 rings (SSSR count). The van der Waals surface area contributed by atoms with Crippen LogP contribution in [0.25, 0.3) is 10.7 Å². The molecule has 0 atom stereocenters. The van der Waals surface area contributed by atoms with Crippen molar-refractivity contribution < 1.29 is 4.79 Å². The molecule has 3 aromatic rings. The first-order chi connectivity index (χ1) is 11.2. The largest absolute Gasteiger partial charge is 0.298 e. The van der Waals surface area contributed by atoms with E-state index in [9.17, 15) is 4.79 Å². The molecule has 1 saturated carbocycles. The first-order valence-corrected chi connectivity index (χ1v) is 10.7. The van der Waals surface area contributed by atoms with Crippen LogP contribution in [0.15, 0.2) is 38.6 Å². The van der Waals surface area contributed by atoms with Crippen LogP contribution >= 0.6 is 50.4 Å². The third kappa shape index (κ3) is 3.17. The molecule has 0 unspecified atom stereocenters. The molecule has 1 aliphatic carbocycles. The van der Waals surface area contributed by atoms with E-state index in [-0.39, 0.29) is 5.78 Å². The van der Waals surface area contributed by atoms with E-state index in [1.807, 2.05) is 22.9 Å². The Hall–Kier alpha value is -0.960. The Morgan fingerprint density at radius 3 is 2.83 bits per heavy atom. The fourth-order valence-electron chi connectivity index (χ4n) is 2.30. The van der Waals surface area contributed by atoms with Crippen molar-refractivity contribution in [2.45, 2.75) is 24.0 Å². The van der Waals surface area contributed by atoms with Gasteiger partial charge in [0.2, 0.25) is 0 Å². The zero-order chi connectivity index (χ0) is 15.8. The van der Waals surface area contributed by atoms with Crippen LogP contribution in [0.1, 0.15) is 28.6 Å². The van der Waals surface area contributed by atoms with E-state index in [2.05, 4.69) is 36.8 Å². The number of nitrogens with zero attached hydrogens (tertiary/aromatic N) is 3. The zero-order valence-electron chi connectivity index (χ0n) is 11.9. The molecule has 23 heavy (non-hydrogen) atoms. The number of Topliss-reactive ketones (excluding diaryl/α,β-unsaturated/α-hetero) is 1. The molecule has 3 aromatic heterocycles. The molecule has 0 spiro atoms. The monoisotopic (exact) mass is 425 g/mol. The van der Waals surface area contributed by atoms with Gasteiger partial charge in [-0.25, -0.2) is 0 Å². The predicted octanol–water partition coefficient (Wildman–Crippen LogP) is 5.14. The van der Waals surface area contributed by atoms with E-state index in [1.54, 1.807) is 11.3 Å². The van der Waals surface area contributed by atoms with Crippen LogP contribution in [-0.4, -0.2) is 26.3 Å². The number of hydrogen-bond donors (Lipinski definition) is 0. The lowest BCUT2D eigenvalue weighted by Crippen LogP contribution is -2.04. The molecular formula is C15H12BrN3OS3. The minimum absolute atomic E-state index is 0.125. The van der Waals surface area contributed by atoms with E-state index in [4.69, 9.17) is 0 Å². The number of carbonyl (C=O) groups excluding carboxylic acids is 1. The Labute approximate surface area is 154 Å². The Morgan fingerprint density at radius 1 is 1.30 bits per heavy atom.